The quantitative estimate of drug-likeness (QED) is 0.583. The molecule has 6 rings (SSSR count). The number of hydrogen-bond acceptors (Lipinski definition) is 5. The van der Waals surface area contributed by atoms with Crippen LogP contribution in [0.5, 0.6) is 0 Å². The molecule has 1 aliphatic heterocycles. The fourth-order valence-electron chi connectivity index (χ4n) is 8.85. The van der Waals surface area contributed by atoms with Crippen LogP contribution in [0.1, 0.15) is 83.1 Å². The summed E-state index contributed by atoms with van der Waals surface area (Å²) in [6.45, 7) is 5.96. The molecule has 190 valence electrons. The van der Waals surface area contributed by atoms with Gasteiger partial charge in [-0.05, 0) is 104 Å². The van der Waals surface area contributed by atoms with Crippen LogP contribution < -0.4 is 5.63 Å². The van der Waals surface area contributed by atoms with E-state index in [9.17, 15) is 14.7 Å². The van der Waals surface area contributed by atoms with Crippen molar-refractivity contribution >= 4 is 6.09 Å². The third-order valence-electron chi connectivity index (χ3n) is 10.8. The highest BCUT2D eigenvalue weighted by Crippen LogP contribution is 2.67. The first-order valence-corrected chi connectivity index (χ1v) is 13.7. The first kappa shape index (κ1) is 23.3. The molecule has 1 unspecified atom stereocenters. The Morgan fingerprint density at radius 3 is 2.74 bits per heavy atom. The van der Waals surface area contributed by atoms with E-state index in [0.717, 1.165) is 31.2 Å². The summed E-state index contributed by atoms with van der Waals surface area (Å²) in [5, 5.41) is 9.76. The van der Waals surface area contributed by atoms with E-state index in [0.29, 0.717) is 48.6 Å². The molecule has 1 N–H and O–H groups in total. The van der Waals surface area contributed by atoms with Gasteiger partial charge in [0.1, 0.15) is 6.10 Å². The Kier molecular flexibility index (Phi) is 5.66. The van der Waals surface area contributed by atoms with Crippen molar-refractivity contribution in [2.75, 3.05) is 13.1 Å². The molecule has 1 amide bonds. The number of aliphatic hydroxyl groups excluding tert-OH is 1. The third kappa shape index (κ3) is 3.78. The molecule has 1 aromatic heterocycles. The summed E-state index contributed by atoms with van der Waals surface area (Å²) in [6.07, 6.45) is 13.1. The maximum Gasteiger partial charge on any atom is 0.410 e. The van der Waals surface area contributed by atoms with Crippen molar-refractivity contribution in [2.24, 2.45) is 28.6 Å². The maximum atomic E-state index is 12.6. The zero-order chi connectivity index (χ0) is 24.4. The molecule has 1 aromatic rings. The number of nitrogens with zero attached hydrogens (tertiary/aromatic N) is 1. The lowest BCUT2D eigenvalue weighted by Crippen LogP contribution is -2.52. The fourth-order valence-corrected chi connectivity index (χ4v) is 8.85. The molecule has 0 aromatic carbocycles. The average molecular weight is 482 g/mol. The van der Waals surface area contributed by atoms with Crippen LogP contribution in [-0.2, 0) is 4.74 Å². The van der Waals surface area contributed by atoms with Gasteiger partial charge in [0, 0.05) is 19.2 Å². The highest BCUT2D eigenvalue weighted by molar-refractivity contribution is 5.68. The van der Waals surface area contributed by atoms with Gasteiger partial charge in [0.25, 0.3) is 0 Å². The van der Waals surface area contributed by atoms with Crippen LogP contribution in [0, 0.1) is 28.6 Å². The van der Waals surface area contributed by atoms with Gasteiger partial charge in [-0.25, -0.2) is 9.59 Å². The molecule has 0 bridgehead atoms. The van der Waals surface area contributed by atoms with E-state index in [1.165, 1.54) is 25.7 Å². The summed E-state index contributed by atoms with van der Waals surface area (Å²) in [7, 11) is 0. The molecule has 5 aliphatic rings. The number of aliphatic hydroxyl groups is 1. The average Bonchev–Trinajstić information content (AvgIpc) is 3.43. The largest absolute Gasteiger partial charge is 0.446 e. The number of carbonyl (C=O) groups excluding carboxylic acids is 1. The molecule has 0 radical (unpaired) electrons. The van der Waals surface area contributed by atoms with Gasteiger partial charge in [0.05, 0.1) is 12.4 Å². The summed E-state index contributed by atoms with van der Waals surface area (Å²) in [5.74, 6) is 2.33. The van der Waals surface area contributed by atoms with Crippen LogP contribution in [0.2, 0.25) is 0 Å². The van der Waals surface area contributed by atoms with Crippen LogP contribution in [0.15, 0.2) is 39.3 Å². The van der Waals surface area contributed by atoms with Crippen molar-refractivity contribution in [3.05, 3.63) is 46.0 Å². The van der Waals surface area contributed by atoms with E-state index < -0.39 is 6.10 Å². The Morgan fingerprint density at radius 2 is 2.00 bits per heavy atom. The predicted octanol–water partition coefficient (Wildman–Crippen LogP) is 5.26. The minimum Gasteiger partial charge on any atom is -0.446 e. The van der Waals surface area contributed by atoms with Gasteiger partial charge in [-0.3, -0.25) is 0 Å². The van der Waals surface area contributed by atoms with Crippen LogP contribution in [0.4, 0.5) is 4.79 Å². The van der Waals surface area contributed by atoms with Crippen molar-refractivity contribution < 1.29 is 19.1 Å². The molecule has 2 heterocycles. The Labute approximate surface area is 207 Å². The number of hydrogen-bond donors (Lipinski definition) is 1. The van der Waals surface area contributed by atoms with Gasteiger partial charge >= 0.3 is 11.7 Å². The molecule has 6 nitrogen and oxygen atoms in total. The molecule has 1 saturated heterocycles. The van der Waals surface area contributed by atoms with Crippen molar-refractivity contribution in [1.29, 1.82) is 0 Å². The van der Waals surface area contributed by atoms with Gasteiger partial charge in [-0.1, -0.05) is 25.5 Å². The third-order valence-corrected chi connectivity index (χ3v) is 10.8. The minimum absolute atomic E-state index is 0.00605. The summed E-state index contributed by atoms with van der Waals surface area (Å²) in [4.78, 5) is 25.8. The van der Waals surface area contributed by atoms with Gasteiger partial charge in [-0.2, -0.15) is 0 Å². The number of amides is 1. The highest BCUT2D eigenvalue weighted by atomic mass is 16.6. The Bertz CT molecular complexity index is 1060. The zero-order valence-electron chi connectivity index (χ0n) is 21.1. The normalized spacial score (nSPS) is 42.6. The Hall–Kier alpha value is -2.08. The van der Waals surface area contributed by atoms with Crippen molar-refractivity contribution in [2.45, 2.75) is 89.8 Å². The second kappa shape index (κ2) is 8.50. The van der Waals surface area contributed by atoms with E-state index >= 15 is 0 Å². The molecule has 35 heavy (non-hydrogen) atoms. The number of carbonyl (C=O) groups is 1. The van der Waals surface area contributed by atoms with Crippen LogP contribution in [0.3, 0.4) is 0 Å². The lowest BCUT2D eigenvalue weighted by molar-refractivity contribution is -0.0868. The van der Waals surface area contributed by atoms with E-state index in [1.807, 2.05) is 6.07 Å². The van der Waals surface area contributed by atoms with Gasteiger partial charge in [0.15, 0.2) is 0 Å². The summed E-state index contributed by atoms with van der Waals surface area (Å²) in [5.41, 5.74) is 2.99. The Morgan fingerprint density at radius 1 is 1.14 bits per heavy atom. The van der Waals surface area contributed by atoms with Gasteiger partial charge in [-0.15, -0.1) is 0 Å². The molecule has 6 heteroatoms. The summed E-state index contributed by atoms with van der Waals surface area (Å²) in [6, 6.07) is 3.53. The molecular weight excluding hydrogens is 442 g/mol. The van der Waals surface area contributed by atoms with E-state index in [4.69, 9.17) is 9.15 Å². The van der Waals surface area contributed by atoms with Crippen molar-refractivity contribution in [1.82, 2.24) is 4.90 Å². The first-order valence-electron chi connectivity index (χ1n) is 13.7. The number of allylic oxidation sites excluding steroid dienone is 2. The lowest BCUT2D eigenvalue weighted by Gasteiger charge is -2.59. The van der Waals surface area contributed by atoms with Crippen LogP contribution in [-0.4, -0.2) is 41.4 Å². The lowest BCUT2D eigenvalue weighted by atomic mass is 9.46. The minimum atomic E-state index is -0.408. The molecule has 4 aliphatic carbocycles. The topological polar surface area (TPSA) is 80.0 Å². The number of β-amino-alcohol motifs (C(OH)–C–C–N with tert-alkyl or cyclic N) is 1. The van der Waals surface area contributed by atoms with E-state index in [2.05, 4.69) is 19.9 Å². The predicted molar refractivity (Wildman–Crippen MR) is 132 cm³/mol. The highest BCUT2D eigenvalue weighted by Gasteiger charge is 2.58. The summed E-state index contributed by atoms with van der Waals surface area (Å²) < 4.78 is 11.2. The van der Waals surface area contributed by atoms with Gasteiger partial charge in [0.2, 0.25) is 0 Å². The second-order valence-electron chi connectivity index (χ2n) is 12.5. The number of likely N-dealkylation sites (tertiary alicyclic amines) is 1. The number of rotatable bonds is 2. The molecule has 3 saturated carbocycles. The molecule has 0 spiro atoms. The SMILES string of the molecule is C[C@]12CCC(OC(=O)N3CC[C@H](O)C3)C[C@H]1CC[C@H]1C3=CC[C@H](c4ccc(=O)oc4)[C@@]3(C)CC[C@@H]12. The second-order valence-corrected chi connectivity index (χ2v) is 12.5. The first-order chi connectivity index (χ1) is 16.8. The zero-order valence-corrected chi connectivity index (χ0v) is 21.1. The fraction of sp³-hybridized carbons (Fsp3) is 0.724. The Balaban J connectivity index is 1.15. The molecule has 4 fully saturated rings. The monoisotopic (exact) mass is 481 g/mol. The van der Waals surface area contributed by atoms with Gasteiger partial charge < -0.3 is 19.2 Å². The summed E-state index contributed by atoms with van der Waals surface area (Å²) >= 11 is 0. The smallest absolute Gasteiger partial charge is 0.410 e. The van der Waals surface area contributed by atoms with Crippen molar-refractivity contribution in [3.8, 4) is 0 Å². The van der Waals surface area contributed by atoms with Crippen LogP contribution >= 0.6 is 0 Å². The van der Waals surface area contributed by atoms with E-state index in [-0.39, 0.29) is 23.2 Å². The van der Waals surface area contributed by atoms with Crippen molar-refractivity contribution in [3.63, 3.8) is 0 Å². The molecule has 8 atom stereocenters. The standard InChI is InChI=1S/C29H39NO5/c1-28-12-9-21(35-27(33)30-14-11-20(31)16-30)15-19(28)4-5-22-24-7-6-23(18-3-8-26(32)34-17-18)29(24,2)13-10-25(22)28/h3,7-8,17,19-23,25,31H,4-6,9-16H2,1-2H3/t19-,20+,21?,22+,23-,25+,28+,29-/m1/s1. The molecular formula is C29H39NO5. The van der Waals surface area contributed by atoms with Crippen LogP contribution in [0.25, 0.3) is 0 Å². The number of fused-ring (bicyclic) bond motifs is 5. The number of ether oxygens (including phenoxy) is 1. The maximum absolute atomic E-state index is 12.6. The van der Waals surface area contributed by atoms with E-state index in [1.54, 1.807) is 22.8 Å².